The van der Waals surface area contributed by atoms with Crippen molar-refractivity contribution in [2.75, 3.05) is 11.9 Å². The van der Waals surface area contributed by atoms with Crippen molar-refractivity contribution in [1.29, 1.82) is 0 Å². The second kappa shape index (κ2) is 7.02. The first-order valence-corrected chi connectivity index (χ1v) is 7.36. The molecule has 2 aromatic rings. The fourth-order valence-corrected chi connectivity index (χ4v) is 1.99. The number of aromatic amines is 1. The highest BCUT2D eigenvalue weighted by Crippen LogP contribution is 2.20. The first-order valence-electron chi connectivity index (χ1n) is 7.36. The van der Waals surface area contributed by atoms with Gasteiger partial charge in [0.2, 0.25) is 5.91 Å². The number of nitrogens with one attached hydrogen (secondary N) is 3. The Labute approximate surface area is 145 Å². The Hall–Kier alpha value is -3.11. The van der Waals surface area contributed by atoms with E-state index in [0.717, 1.165) is 0 Å². The summed E-state index contributed by atoms with van der Waals surface area (Å²) in [5.41, 5.74) is -1.01. The Morgan fingerprint density at radius 3 is 2.58 bits per heavy atom. The maximum Gasteiger partial charge on any atom is 0.405 e. The number of anilines is 1. The highest BCUT2D eigenvalue weighted by atomic mass is 19.4. The van der Waals surface area contributed by atoms with E-state index in [-0.39, 0.29) is 17.3 Å². The Morgan fingerprint density at radius 2 is 2.00 bits per heavy atom. The smallest absolute Gasteiger partial charge is 0.405 e. The molecule has 0 spiro atoms. The fourth-order valence-electron chi connectivity index (χ4n) is 1.99. The lowest BCUT2D eigenvalue weighted by Gasteiger charge is -2.26. The minimum absolute atomic E-state index is 0.0474. The number of rotatable bonds is 6. The normalized spacial score (nSPS) is 11.9. The molecule has 0 aliphatic carbocycles. The number of aromatic carboxylic acids is 1. The monoisotopic (exact) mass is 371 g/mol. The van der Waals surface area contributed by atoms with E-state index in [4.69, 9.17) is 5.11 Å². The number of carboxylic acid groups (broad SMARTS) is 1. The molecule has 0 aliphatic rings. The van der Waals surface area contributed by atoms with E-state index in [1.807, 2.05) is 0 Å². The number of alkyl halides is 3. The van der Waals surface area contributed by atoms with Crippen LogP contribution in [0, 0.1) is 0 Å². The molecule has 0 aromatic carbocycles. The van der Waals surface area contributed by atoms with Gasteiger partial charge in [-0.15, -0.1) is 0 Å². The number of nitrogens with zero attached hydrogens (tertiary/aromatic N) is 2. The topological polar surface area (TPSA) is 120 Å². The molecular formula is C15H16F3N5O3. The van der Waals surface area contributed by atoms with Crippen molar-refractivity contribution in [2.24, 2.45) is 0 Å². The van der Waals surface area contributed by atoms with Gasteiger partial charge in [0.05, 0.1) is 0 Å². The van der Waals surface area contributed by atoms with Crippen molar-refractivity contribution in [3.05, 3.63) is 30.2 Å². The zero-order valence-corrected chi connectivity index (χ0v) is 13.8. The lowest BCUT2D eigenvalue weighted by Crippen LogP contribution is -2.50. The van der Waals surface area contributed by atoms with Gasteiger partial charge in [0.25, 0.3) is 0 Å². The molecule has 11 heteroatoms. The summed E-state index contributed by atoms with van der Waals surface area (Å²) < 4.78 is 36.7. The highest BCUT2D eigenvalue weighted by molar-refractivity contribution is 5.88. The molecule has 2 heterocycles. The van der Waals surface area contributed by atoms with E-state index in [2.05, 4.69) is 20.3 Å². The van der Waals surface area contributed by atoms with Crippen LogP contribution in [0.2, 0.25) is 0 Å². The molecule has 140 valence electrons. The number of amides is 1. The van der Waals surface area contributed by atoms with Crippen molar-refractivity contribution < 1.29 is 27.9 Å². The van der Waals surface area contributed by atoms with Gasteiger partial charge in [0.15, 0.2) is 5.82 Å². The van der Waals surface area contributed by atoms with Crippen LogP contribution in [-0.4, -0.2) is 50.2 Å². The second-order valence-electron chi connectivity index (χ2n) is 5.92. The van der Waals surface area contributed by atoms with Crippen LogP contribution in [0.5, 0.6) is 0 Å². The molecule has 0 unspecified atom stereocenters. The molecule has 0 atom stereocenters. The minimum atomic E-state index is -4.51. The van der Waals surface area contributed by atoms with Crippen LogP contribution in [0.25, 0.3) is 11.4 Å². The predicted octanol–water partition coefficient (Wildman–Crippen LogP) is 2.04. The number of carbonyl (C=O) groups is 2. The van der Waals surface area contributed by atoms with Gasteiger partial charge in [0.1, 0.15) is 23.6 Å². The second-order valence-corrected chi connectivity index (χ2v) is 5.92. The van der Waals surface area contributed by atoms with Crippen molar-refractivity contribution in [3.63, 3.8) is 0 Å². The van der Waals surface area contributed by atoms with E-state index in [1.54, 1.807) is 5.32 Å². The quantitative estimate of drug-likeness (QED) is 0.617. The molecular weight excluding hydrogens is 355 g/mol. The summed E-state index contributed by atoms with van der Waals surface area (Å²) in [6.45, 7) is 1.37. The molecule has 1 amide bonds. The number of halogens is 3. The molecule has 8 nitrogen and oxygen atoms in total. The summed E-state index contributed by atoms with van der Waals surface area (Å²) in [6.07, 6.45) is -1.73. The molecule has 0 aliphatic heterocycles. The molecule has 2 rings (SSSR count). The SMILES string of the molecule is CC(C)(Nc1ccnc(-c2c[nH]c(C(=O)O)c2)n1)C(=O)NCC(F)(F)F. The van der Waals surface area contributed by atoms with E-state index in [0.29, 0.717) is 5.56 Å². The molecule has 0 saturated heterocycles. The van der Waals surface area contributed by atoms with Crippen molar-refractivity contribution in [2.45, 2.75) is 25.6 Å². The number of carbonyl (C=O) groups excluding carboxylic acids is 1. The zero-order valence-electron chi connectivity index (χ0n) is 13.8. The molecule has 0 radical (unpaired) electrons. The number of H-pyrrole nitrogens is 1. The van der Waals surface area contributed by atoms with Crippen molar-refractivity contribution in [1.82, 2.24) is 20.3 Å². The lowest BCUT2D eigenvalue weighted by atomic mass is 10.0. The predicted molar refractivity (Wildman–Crippen MR) is 85.5 cm³/mol. The Morgan fingerprint density at radius 1 is 1.31 bits per heavy atom. The van der Waals surface area contributed by atoms with Crippen LogP contribution in [-0.2, 0) is 4.79 Å². The van der Waals surface area contributed by atoms with Gasteiger partial charge in [0, 0.05) is 18.0 Å². The van der Waals surface area contributed by atoms with Gasteiger partial charge in [-0.05, 0) is 26.0 Å². The minimum Gasteiger partial charge on any atom is -0.477 e. The molecule has 0 saturated carbocycles. The Bertz CT molecular complexity index is 817. The summed E-state index contributed by atoms with van der Waals surface area (Å²) >= 11 is 0. The molecule has 2 aromatic heterocycles. The standard InChI is InChI=1S/C15H16F3N5O3/c1-14(2,13(26)21-7-15(16,17)18)23-10-3-4-19-11(22-10)8-5-9(12(24)25)20-6-8/h3-6,20H,7H2,1-2H3,(H,21,26)(H,24,25)(H,19,22,23). The van der Waals surface area contributed by atoms with Crippen LogP contribution in [0.1, 0.15) is 24.3 Å². The van der Waals surface area contributed by atoms with Crippen molar-refractivity contribution in [3.8, 4) is 11.4 Å². The van der Waals surface area contributed by atoms with Crippen LogP contribution in [0.15, 0.2) is 24.5 Å². The van der Waals surface area contributed by atoms with E-state index >= 15 is 0 Å². The summed E-state index contributed by atoms with van der Waals surface area (Å²) in [7, 11) is 0. The summed E-state index contributed by atoms with van der Waals surface area (Å²) in [6, 6.07) is 2.77. The third kappa shape index (κ3) is 4.94. The first kappa shape index (κ1) is 19.2. The summed E-state index contributed by atoms with van der Waals surface area (Å²) in [4.78, 5) is 33.6. The number of carboxylic acids is 1. The maximum atomic E-state index is 12.2. The van der Waals surface area contributed by atoms with Crippen LogP contribution >= 0.6 is 0 Å². The largest absolute Gasteiger partial charge is 0.477 e. The van der Waals surface area contributed by atoms with Crippen LogP contribution < -0.4 is 10.6 Å². The Balaban J connectivity index is 2.13. The van der Waals surface area contributed by atoms with Gasteiger partial charge >= 0.3 is 12.1 Å². The summed E-state index contributed by atoms with van der Waals surface area (Å²) in [5.74, 6) is -1.62. The summed E-state index contributed by atoms with van der Waals surface area (Å²) in [5, 5.41) is 13.5. The third-order valence-corrected chi connectivity index (χ3v) is 3.28. The van der Waals surface area contributed by atoms with Crippen LogP contribution in [0.3, 0.4) is 0 Å². The Kier molecular flexibility index (Phi) is 5.19. The first-order chi connectivity index (χ1) is 12.0. The zero-order chi connectivity index (χ0) is 19.5. The molecule has 0 fully saturated rings. The van der Waals surface area contributed by atoms with Gasteiger partial charge in [-0.3, -0.25) is 4.79 Å². The van der Waals surface area contributed by atoms with E-state index in [9.17, 15) is 22.8 Å². The van der Waals surface area contributed by atoms with Crippen LogP contribution in [0.4, 0.5) is 19.0 Å². The lowest BCUT2D eigenvalue weighted by molar-refractivity contribution is -0.140. The highest BCUT2D eigenvalue weighted by Gasteiger charge is 2.33. The average Bonchev–Trinajstić information content (AvgIpc) is 3.02. The average molecular weight is 371 g/mol. The van der Waals surface area contributed by atoms with Gasteiger partial charge in [-0.2, -0.15) is 13.2 Å². The van der Waals surface area contributed by atoms with Gasteiger partial charge in [-0.1, -0.05) is 0 Å². The molecule has 0 bridgehead atoms. The number of hydrogen-bond acceptors (Lipinski definition) is 5. The number of aromatic nitrogens is 3. The third-order valence-electron chi connectivity index (χ3n) is 3.28. The molecule has 4 N–H and O–H groups in total. The van der Waals surface area contributed by atoms with Gasteiger partial charge in [-0.25, -0.2) is 14.8 Å². The van der Waals surface area contributed by atoms with Gasteiger partial charge < -0.3 is 20.7 Å². The van der Waals surface area contributed by atoms with E-state index < -0.39 is 30.1 Å². The molecule has 26 heavy (non-hydrogen) atoms. The number of hydrogen-bond donors (Lipinski definition) is 4. The maximum absolute atomic E-state index is 12.2. The van der Waals surface area contributed by atoms with Crippen molar-refractivity contribution >= 4 is 17.7 Å². The van der Waals surface area contributed by atoms with E-state index in [1.165, 1.54) is 38.4 Å². The fraction of sp³-hybridized carbons (Fsp3) is 0.333.